The van der Waals surface area contributed by atoms with Crippen molar-refractivity contribution in [1.82, 2.24) is 9.97 Å². The normalized spacial score (nSPS) is 9.09. The maximum atomic E-state index is 9.94. The second-order valence-corrected chi connectivity index (χ2v) is 1.64. The molecule has 0 radical (unpaired) electrons. The summed E-state index contributed by atoms with van der Waals surface area (Å²) in [6.45, 7) is 0. The minimum atomic E-state index is -1.40. The van der Waals surface area contributed by atoms with Gasteiger partial charge in [-0.25, -0.2) is 14.8 Å². The van der Waals surface area contributed by atoms with Crippen LogP contribution < -0.4 is 10.5 Å². The molecule has 58 valence electrons. The van der Waals surface area contributed by atoms with E-state index in [9.17, 15) is 4.79 Å². The molecule has 6 nitrogen and oxygen atoms in total. The maximum absolute atomic E-state index is 9.94. The third-order valence-electron chi connectivity index (χ3n) is 0.853. The highest BCUT2D eigenvalue weighted by molar-refractivity contribution is 5.60. The Morgan fingerprint density at radius 2 is 2.09 bits per heavy atom. The smallest absolute Gasteiger partial charge is 0.449 e. The van der Waals surface area contributed by atoms with Crippen LogP contribution in [0, 0.1) is 0 Å². The highest BCUT2D eigenvalue weighted by Crippen LogP contribution is 2.06. The molecule has 0 bridgehead atoms. The predicted molar refractivity (Wildman–Crippen MR) is 35.1 cm³/mol. The van der Waals surface area contributed by atoms with Gasteiger partial charge in [-0.2, -0.15) is 0 Å². The van der Waals surface area contributed by atoms with E-state index >= 15 is 0 Å². The SMILES string of the molecule is Nc1ncc(OC(=O)O)cn1. The van der Waals surface area contributed by atoms with E-state index < -0.39 is 6.16 Å². The number of nitrogens with zero attached hydrogens (tertiary/aromatic N) is 2. The maximum Gasteiger partial charge on any atom is 0.511 e. The van der Waals surface area contributed by atoms with Crippen molar-refractivity contribution in [3.05, 3.63) is 12.4 Å². The third kappa shape index (κ3) is 2.09. The summed E-state index contributed by atoms with van der Waals surface area (Å²) >= 11 is 0. The van der Waals surface area contributed by atoms with Gasteiger partial charge in [0.15, 0.2) is 5.75 Å². The number of hydrogen-bond donors (Lipinski definition) is 2. The quantitative estimate of drug-likeness (QED) is 0.558. The first-order chi connectivity index (χ1) is 5.18. The lowest BCUT2D eigenvalue weighted by Gasteiger charge is -1.96. The van der Waals surface area contributed by atoms with Gasteiger partial charge < -0.3 is 15.6 Å². The monoisotopic (exact) mass is 155 g/mol. The van der Waals surface area contributed by atoms with Crippen molar-refractivity contribution in [2.45, 2.75) is 0 Å². The Labute approximate surface area is 61.6 Å². The standard InChI is InChI=1S/C5H5N3O3/c6-4-7-1-3(2-8-4)11-5(9)10/h1-2H,(H,9,10)(H2,6,7,8). The number of nitrogen functional groups attached to an aromatic ring is 1. The fraction of sp³-hybridized carbons (Fsp3) is 0. The summed E-state index contributed by atoms with van der Waals surface area (Å²) in [5.41, 5.74) is 5.13. The fourth-order valence-electron chi connectivity index (χ4n) is 0.480. The number of anilines is 1. The first-order valence-corrected chi connectivity index (χ1v) is 2.67. The van der Waals surface area contributed by atoms with Crippen LogP contribution in [0.3, 0.4) is 0 Å². The highest BCUT2D eigenvalue weighted by Gasteiger charge is 1.99. The molecule has 0 spiro atoms. The Morgan fingerprint density at radius 1 is 1.55 bits per heavy atom. The van der Waals surface area contributed by atoms with Crippen LogP contribution in [-0.4, -0.2) is 21.2 Å². The second kappa shape index (κ2) is 2.82. The van der Waals surface area contributed by atoms with Crippen molar-refractivity contribution >= 4 is 12.1 Å². The minimum Gasteiger partial charge on any atom is -0.449 e. The number of nitrogens with two attached hydrogens (primary N) is 1. The van der Waals surface area contributed by atoms with Gasteiger partial charge in [-0.3, -0.25) is 0 Å². The molecule has 3 N–H and O–H groups in total. The molecule has 0 saturated heterocycles. The highest BCUT2D eigenvalue weighted by atomic mass is 16.7. The Balaban J connectivity index is 2.74. The summed E-state index contributed by atoms with van der Waals surface area (Å²) in [6.07, 6.45) is 0.950. The largest absolute Gasteiger partial charge is 0.511 e. The molecule has 1 rings (SSSR count). The molecule has 0 aliphatic carbocycles. The van der Waals surface area contributed by atoms with Crippen LogP contribution in [0.2, 0.25) is 0 Å². The van der Waals surface area contributed by atoms with Gasteiger partial charge in [-0.05, 0) is 0 Å². The molecule has 1 aromatic rings. The molecular weight excluding hydrogens is 150 g/mol. The summed E-state index contributed by atoms with van der Waals surface area (Å²) in [4.78, 5) is 17.0. The van der Waals surface area contributed by atoms with Gasteiger partial charge in [-0.1, -0.05) is 0 Å². The van der Waals surface area contributed by atoms with Crippen LogP contribution in [0.4, 0.5) is 10.7 Å². The van der Waals surface area contributed by atoms with Gasteiger partial charge >= 0.3 is 6.16 Å². The zero-order valence-corrected chi connectivity index (χ0v) is 5.39. The Kier molecular flexibility index (Phi) is 1.86. The van der Waals surface area contributed by atoms with E-state index in [2.05, 4.69) is 14.7 Å². The van der Waals surface area contributed by atoms with Crippen LogP contribution in [0.5, 0.6) is 5.75 Å². The van der Waals surface area contributed by atoms with Crippen molar-refractivity contribution < 1.29 is 14.6 Å². The number of carbonyl (C=O) groups is 1. The lowest BCUT2D eigenvalue weighted by atomic mass is 10.6. The molecule has 0 fully saturated rings. The van der Waals surface area contributed by atoms with Crippen LogP contribution in [0.25, 0.3) is 0 Å². The summed E-state index contributed by atoms with van der Waals surface area (Å²) < 4.78 is 4.21. The molecule has 6 heteroatoms. The van der Waals surface area contributed by atoms with Crippen molar-refractivity contribution in [2.75, 3.05) is 5.73 Å². The topological polar surface area (TPSA) is 98.3 Å². The molecule has 0 aliphatic heterocycles. The van der Waals surface area contributed by atoms with E-state index in [1.54, 1.807) is 0 Å². The van der Waals surface area contributed by atoms with Crippen molar-refractivity contribution in [2.24, 2.45) is 0 Å². The summed E-state index contributed by atoms with van der Waals surface area (Å²) in [6, 6.07) is 0. The van der Waals surface area contributed by atoms with Gasteiger partial charge in [0.25, 0.3) is 0 Å². The number of carboxylic acid groups (broad SMARTS) is 1. The Bertz CT molecular complexity index is 258. The molecule has 0 amide bonds. The lowest BCUT2D eigenvalue weighted by Crippen LogP contribution is -2.04. The first-order valence-electron chi connectivity index (χ1n) is 2.67. The molecule has 0 aromatic carbocycles. The number of aromatic nitrogens is 2. The Hall–Kier alpha value is -1.85. The molecule has 0 atom stereocenters. The van der Waals surface area contributed by atoms with Crippen LogP contribution >= 0.6 is 0 Å². The first kappa shape index (κ1) is 7.26. The summed E-state index contributed by atoms with van der Waals surface area (Å²) in [5, 5.41) is 8.13. The van der Waals surface area contributed by atoms with Gasteiger partial charge in [-0.15, -0.1) is 0 Å². The van der Waals surface area contributed by atoms with Crippen molar-refractivity contribution in [3.63, 3.8) is 0 Å². The van der Waals surface area contributed by atoms with E-state index in [4.69, 9.17) is 10.8 Å². The second-order valence-electron chi connectivity index (χ2n) is 1.64. The van der Waals surface area contributed by atoms with E-state index in [-0.39, 0.29) is 11.7 Å². The average Bonchev–Trinajstić information content (AvgIpc) is 1.93. The molecule has 0 unspecified atom stereocenters. The van der Waals surface area contributed by atoms with E-state index in [0.29, 0.717) is 0 Å². The van der Waals surface area contributed by atoms with Gasteiger partial charge in [0.05, 0.1) is 12.4 Å². The average molecular weight is 155 g/mol. The van der Waals surface area contributed by atoms with Crippen LogP contribution in [0.15, 0.2) is 12.4 Å². The third-order valence-corrected chi connectivity index (χ3v) is 0.853. The minimum absolute atomic E-state index is 0.0479. The fourth-order valence-corrected chi connectivity index (χ4v) is 0.480. The van der Waals surface area contributed by atoms with E-state index in [1.165, 1.54) is 12.4 Å². The number of rotatable bonds is 1. The zero-order valence-electron chi connectivity index (χ0n) is 5.39. The molecule has 1 aromatic heterocycles. The summed E-state index contributed by atoms with van der Waals surface area (Å²) in [5.74, 6) is 0.120. The number of ether oxygens (including phenoxy) is 1. The van der Waals surface area contributed by atoms with Gasteiger partial charge in [0, 0.05) is 0 Å². The van der Waals surface area contributed by atoms with E-state index in [1.807, 2.05) is 0 Å². The molecule has 0 aliphatic rings. The van der Waals surface area contributed by atoms with E-state index in [0.717, 1.165) is 0 Å². The van der Waals surface area contributed by atoms with Crippen molar-refractivity contribution in [3.8, 4) is 5.75 Å². The van der Waals surface area contributed by atoms with Crippen LogP contribution in [-0.2, 0) is 0 Å². The van der Waals surface area contributed by atoms with Crippen LogP contribution in [0.1, 0.15) is 0 Å². The zero-order chi connectivity index (χ0) is 8.27. The molecule has 11 heavy (non-hydrogen) atoms. The molecular formula is C5H5N3O3. The predicted octanol–water partition coefficient (Wildman–Crippen LogP) is 0.116. The number of hydrogen-bond acceptors (Lipinski definition) is 5. The molecule has 1 heterocycles. The lowest BCUT2D eigenvalue weighted by molar-refractivity contribution is 0.144. The van der Waals surface area contributed by atoms with Gasteiger partial charge in [0.2, 0.25) is 5.95 Å². The molecule has 0 saturated carbocycles. The van der Waals surface area contributed by atoms with Crippen molar-refractivity contribution in [1.29, 1.82) is 0 Å². The Morgan fingerprint density at radius 3 is 2.55 bits per heavy atom. The summed E-state index contributed by atoms with van der Waals surface area (Å²) in [7, 11) is 0. The van der Waals surface area contributed by atoms with Gasteiger partial charge in [0.1, 0.15) is 0 Å².